The van der Waals surface area contributed by atoms with Gasteiger partial charge in [-0.2, -0.15) is 0 Å². The van der Waals surface area contributed by atoms with E-state index in [1.807, 2.05) is 0 Å². The van der Waals surface area contributed by atoms with Crippen LogP contribution in [0.15, 0.2) is 17.9 Å². The molecule has 0 bridgehead atoms. The molecule has 1 aliphatic carbocycles. The number of ketones is 2. The minimum atomic E-state index is -1.43. The molecular weight excluding hydrogens is 384 g/mol. The summed E-state index contributed by atoms with van der Waals surface area (Å²) in [5.41, 5.74) is -1.16. The fourth-order valence-electron chi connectivity index (χ4n) is 3.79. The molecule has 0 unspecified atom stereocenters. The van der Waals surface area contributed by atoms with Crippen LogP contribution in [0.2, 0.25) is 5.02 Å². The molecule has 2 aliphatic rings. The van der Waals surface area contributed by atoms with Crippen molar-refractivity contribution in [2.75, 3.05) is 20.8 Å². The molecule has 7 heteroatoms. The molecule has 28 heavy (non-hydrogen) atoms. The monoisotopic (exact) mass is 408 g/mol. The Morgan fingerprint density at radius 2 is 1.96 bits per heavy atom. The van der Waals surface area contributed by atoms with E-state index in [0.29, 0.717) is 18.1 Å². The summed E-state index contributed by atoms with van der Waals surface area (Å²) in [7, 11) is 2.91. The molecule has 3 rings (SSSR count). The number of carbonyl (C=O) groups excluding carboxylic acids is 2. The van der Waals surface area contributed by atoms with Crippen molar-refractivity contribution in [3.05, 3.63) is 28.5 Å². The van der Waals surface area contributed by atoms with Crippen molar-refractivity contribution in [2.45, 2.75) is 45.1 Å². The van der Waals surface area contributed by atoms with Crippen molar-refractivity contribution in [2.24, 2.45) is 5.92 Å². The number of halogens is 1. The van der Waals surface area contributed by atoms with Crippen LogP contribution < -0.4 is 14.2 Å². The second-order valence-electron chi connectivity index (χ2n) is 7.10. The lowest BCUT2D eigenvalue weighted by Gasteiger charge is -2.36. The molecule has 1 aromatic rings. The molecule has 0 saturated heterocycles. The number of ether oxygens (including phenoxy) is 4. The molecule has 0 fully saturated rings. The number of carbonyl (C=O) groups is 2. The molecule has 0 amide bonds. The van der Waals surface area contributed by atoms with Gasteiger partial charge in [0.2, 0.25) is 11.4 Å². The number of fused-ring (bicyclic) bond motifs is 1. The van der Waals surface area contributed by atoms with Crippen LogP contribution in [-0.2, 0) is 9.53 Å². The first kappa shape index (κ1) is 20.5. The topological polar surface area (TPSA) is 71.1 Å². The summed E-state index contributed by atoms with van der Waals surface area (Å²) in [5.74, 6) is 0.277. The van der Waals surface area contributed by atoms with E-state index in [0.717, 1.165) is 19.3 Å². The van der Waals surface area contributed by atoms with E-state index in [1.165, 1.54) is 20.3 Å². The molecule has 6 nitrogen and oxygen atoms in total. The third kappa shape index (κ3) is 3.13. The lowest BCUT2D eigenvalue weighted by molar-refractivity contribution is -0.118. The molecule has 1 spiro atoms. The van der Waals surface area contributed by atoms with Crippen LogP contribution in [0, 0.1) is 5.92 Å². The van der Waals surface area contributed by atoms with Crippen molar-refractivity contribution in [3.63, 3.8) is 0 Å². The van der Waals surface area contributed by atoms with Crippen LogP contribution in [0.1, 0.15) is 49.9 Å². The van der Waals surface area contributed by atoms with Gasteiger partial charge in [-0.25, -0.2) is 0 Å². The van der Waals surface area contributed by atoms with E-state index in [-0.39, 0.29) is 40.1 Å². The molecule has 0 saturated carbocycles. The van der Waals surface area contributed by atoms with Gasteiger partial charge in [-0.15, -0.1) is 0 Å². The molecule has 0 N–H and O–H groups in total. The van der Waals surface area contributed by atoms with Crippen molar-refractivity contribution in [3.8, 4) is 17.2 Å². The number of Topliss-reactive ketones (excluding diaryl/α,β-unsaturated/α-hetero) is 1. The number of hydrogen-bond donors (Lipinski definition) is 0. The quantitative estimate of drug-likeness (QED) is 0.624. The molecule has 0 radical (unpaired) electrons. The summed E-state index contributed by atoms with van der Waals surface area (Å²) in [6.07, 6.45) is 4.45. The van der Waals surface area contributed by atoms with Gasteiger partial charge in [0.1, 0.15) is 22.1 Å². The SMILES string of the molecule is CCCCCOc1cc(OC)c(Cl)c2c1C(=O)[C@@]1(O2)C(OC)=CC(=O)C[C@H]1C. The van der Waals surface area contributed by atoms with Gasteiger partial charge in [0.15, 0.2) is 17.3 Å². The standard InChI is InChI=1S/C21H25ClO6/c1-5-6-7-8-27-14-11-15(25-3)18(22)19-17(14)20(24)21(28-19)12(2)9-13(23)10-16(21)26-4/h10-12H,5-9H2,1-4H3/t12-,21+/m1/s1. The normalized spacial score (nSPS) is 23.3. The first-order valence-electron chi connectivity index (χ1n) is 9.46. The maximum Gasteiger partial charge on any atom is 0.231 e. The number of hydrogen-bond acceptors (Lipinski definition) is 6. The smallest absolute Gasteiger partial charge is 0.231 e. The van der Waals surface area contributed by atoms with Crippen LogP contribution in [0.5, 0.6) is 17.2 Å². The molecule has 1 aliphatic heterocycles. The maximum absolute atomic E-state index is 13.6. The summed E-state index contributed by atoms with van der Waals surface area (Å²) in [6.45, 7) is 4.36. The molecule has 2 atom stereocenters. The van der Waals surface area contributed by atoms with Crippen molar-refractivity contribution >= 4 is 23.2 Å². The van der Waals surface area contributed by atoms with Crippen LogP contribution in [0.25, 0.3) is 0 Å². The third-order valence-electron chi connectivity index (χ3n) is 5.28. The largest absolute Gasteiger partial charge is 0.496 e. The Morgan fingerprint density at radius 1 is 1.21 bits per heavy atom. The first-order chi connectivity index (χ1) is 13.4. The van der Waals surface area contributed by atoms with Crippen LogP contribution in [0.3, 0.4) is 0 Å². The average Bonchev–Trinajstić information content (AvgIpc) is 2.98. The Morgan fingerprint density at radius 3 is 2.61 bits per heavy atom. The predicted octanol–water partition coefficient (Wildman–Crippen LogP) is 4.37. The Hall–Kier alpha value is -2.21. The molecule has 0 aromatic heterocycles. The highest BCUT2D eigenvalue weighted by Gasteiger charge is 2.59. The van der Waals surface area contributed by atoms with E-state index in [2.05, 4.69) is 6.92 Å². The highest BCUT2D eigenvalue weighted by molar-refractivity contribution is 6.35. The summed E-state index contributed by atoms with van der Waals surface area (Å²) >= 11 is 6.46. The Kier molecular flexibility index (Phi) is 5.89. The van der Waals surface area contributed by atoms with Gasteiger partial charge in [0, 0.05) is 24.5 Å². The van der Waals surface area contributed by atoms with E-state index >= 15 is 0 Å². The number of unbranched alkanes of at least 4 members (excludes halogenated alkanes) is 2. The van der Waals surface area contributed by atoms with Crippen LogP contribution in [-0.4, -0.2) is 38.0 Å². The lowest BCUT2D eigenvalue weighted by atomic mass is 9.75. The number of rotatable bonds is 7. The molecular formula is C21H25ClO6. The first-order valence-corrected chi connectivity index (χ1v) is 9.84. The Balaban J connectivity index is 2.10. The van der Waals surface area contributed by atoms with Crippen LogP contribution >= 0.6 is 11.6 Å². The molecule has 1 heterocycles. The van der Waals surface area contributed by atoms with Gasteiger partial charge in [0.25, 0.3) is 0 Å². The summed E-state index contributed by atoms with van der Waals surface area (Å²) in [6, 6.07) is 1.61. The van der Waals surface area contributed by atoms with Gasteiger partial charge in [-0.1, -0.05) is 38.3 Å². The van der Waals surface area contributed by atoms with Gasteiger partial charge in [-0.3, -0.25) is 9.59 Å². The maximum atomic E-state index is 13.6. The van der Waals surface area contributed by atoms with Gasteiger partial charge < -0.3 is 18.9 Å². The average molecular weight is 409 g/mol. The van der Waals surface area contributed by atoms with E-state index in [1.54, 1.807) is 13.0 Å². The number of methoxy groups -OCH3 is 2. The highest BCUT2D eigenvalue weighted by Crippen LogP contribution is 2.54. The van der Waals surface area contributed by atoms with E-state index in [9.17, 15) is 9.59 Å². The Labute approximate surface area is 169 Å². The third-order valence-corrected chi connectivity index (χ3v) is 5.64. The fourth-order valence-corrected chi connectivity index (χ4v) is 4.05. The predicted molar refractivity (Wildman–Crippen MR) is 105 cm³/mol. The highest BCUT2D eigenvalue weighted by atomic mass is 35.5. The van der Waals surface area contributed by atoms with Crippen LogP contribution in [0.4, 0.5) is 0 Å². The van der Waals surface area contributed by atoms with E-state index < -0.39 is 11.5 Å². The zero-order valence-corrected chi connectivity index (χ0v) is 17.4. The summed E-state index contributed by atoms with van der Waals surface area (Å²) in [4.78, 5) is 25.6. The van der Waals surface area contributed by atoms with Gasteiger partial charge in [0.05, 0.1) is 20.8 Å². The number of allylic oxidation sites excluding steroid dienone is 1. The number of benzene rings is 1. The summed E-state index contributed by atoms with van der Waals surface area (Å²) in [5, 5.41) is 0.197. The molecule has 152 valence electrons. The minimum absolute atomic E-state index is 0.109. The zero-order valence-electron chi connectivity index (χ0n) is 16.6. The second kappa shape index (κ2) is 8.03. The molecule has 1 aromatic carbocycles. The minimum Gasteiger partial charge on any atom is -0.496 e. The van der Waals surface area contributed by atoms with Gasteiger partial charge >= 0.3 is 0 Å². The lowest BCUT2D eigenvalue weighted by Crippen LogP contribution is -2.51. The van der Waals surface area contributed by atoms with Crippen molar-refractivity contribution in [1.82, 2.24) is 0 Å². The second-order valence-corrected chi connectivity index (χ2v) is 7.48. The zero-order chi connectivity index (χ0) is 20.5. The van der Waals surface area contributed by atoms with E-state index in [4.69, 9.17) is 30.5 Å². The fraction of sp³-hybridized carbons (Fsp3) is 0.524. The summed E-state index contributed by atoms with van der Waals surface area (Å²) < 4.78 is 22.8. The van der Waals surface area contributed by atoms with Gasteiger partial charge in [-0.05, 0) is 6.42 Å². The van der Waals surface area contributed by atoms with Crippen molar-refractivity contribution < 1.29 is 28.5 Å². The Bertz CT molecular complexity index is 831. The van der Waals surface area contributed by atoms with Crippen molar-refractivity contribution in [1.29, 1.82) is 0 Å².